The Morgan fingerprint density at radius 1 is 1.29 bits per heavy atom. The van der Waals surface area contributed by atoms with Gasteiger partial charge in [0, 0.05) is 0 Å². The summed E-state index contributed by atoms with van der Waals surface area (Å²) in [6, 6.07) is 6.56. The summed E-state index contributed by atoms with van der Waals surface area (Å²) in [5.74, 6) is 1.55. The third kappa shape index (κ3) is 2.76. The molecule has 0 amide bonds. The fraction of sp³-hybridized carbons (Fsp3) is 0.250. The number of nitrogens with one attached hydrogen (secondary N) is 1. The van der Waals surface area contributed by atoms with Gasteiger partial charge in [0.15, 0.2) is 5.75 Å². The van der Waals surface area contributed by atoms with Crippen LogP contribution in [0.15, 0.2) is 36.7 Å². The summed E-state index contributed by atoms with van der Waals surface area (Å²) in [6.45, 7) is 2.00. The molecule has 0 saturated carbocycles. The van der Waals surface area contributed by atoms with Crippen LogP contribution in [-0.2, 0) is 0 Å². The molecule has 2 N–H and O–H groups in total. The first-order valence-corrected chi connectivity index (χ1v) is 5.37. The Bertz CT molecular complexity index is 479. The highest BCUT2D eigenvalue weighted by atomic mass is 16.5. The maximum atomic E-state index is 9.15. The number of benzene rings is 1. The van der Waals surface area contributed by atoms with Crippen LogP contribution in [0.25, 0.3) is 0 Å². The maximum absolute atomic E-state index is 9.15. The molecule has 1 heterocycles. The van der Waals surface area contributed by atoms with Crippen molar-refractivity contribution in [1.82, 2.24) is 15.1 Å². The summed E-state index contributed by atoms with van der Waals surface area (Å²) in [5.41, 5.74) is 0. The number of rotatable bonds is 4. The van der Waals surface area contributed by atoms with Gasteiger partial charge in [-0.05, 0) is 38.2 Å². The largest absolute Gasteiger partial charge is 0.508 e. The topological polar surface area (TPSA) is 59.3 Å². The lowest BCUT2D eigenvalue weighted by atomic mass is 10.3. The monoisotopic (exact) mass is 233 g/mol. The minimum absolute atomic E-state index is 0.118. The van der Waals surface area contributed by atoms with Gasteiger partial charge in [0.05, 0.1) is 18.6 Å². The van der Waals surface area contributed by atoms with Crippen molar-refractivity contribution in [3.05, 3.63) is 36.7 Å². The maximum Gasteiger partial charge on any atom is 0.165 e. The molecular weight excluding hydrogens is 218 g/mol. The van der Waals surface area contributed by atoms with E-state index in [0.29, 0.717) is 11.5 Å². The quantitative estimate of drug-likeness (QED) is 0.849. The number of phenols is 1. The predicted octanol–water partition coefficient (Wildman–Crippen LogP) is 2.12. The van der Waals surface area contributed by atoms with Crippen LogP contribution in [0.2, 0.25) is 0 Å². The molecular formula is C12H15N3O2. The van der Waals surface area contributed by atoms with Gasteiger partial charge < -0.3 is 9.84 Å². The summed E-state index contributed by atoms with van der Waals surface area (Å²) >= 11 is 0. The van der Waals surface area contributed by atoms with Gasteiger partial charge in [-0.3, -0.25) is 10.00 Å². The Kier molecular flexibility index (Phi) is 3.30. The average molecular weight is 233 g/mol. The molecule has 2 rings (SSSR count). The summed E-state index contributed by atoms with van der Waals surface area (Å²) in [7, 11) is 1.87. The molecule has 0 saturated heterocycles. The molecule has 5 nitrogen and oxygen atoms in total. The van der Waals surface area contributed by atoms with Gasteiger partial charge >= 0.3 is 0 Å². The van der Waals surface area contributed by atoms with Crippen molar-refractivity contribution in [3.8, 4) is 17.2 Å². The van der Waals surface area contributed by atoms with E-state index >= 15 is 0 Å². The molecule has 5 heteroatoms. The molecule has 17 heavy (non-hydrogen) atoms. The van der Waals surface area contributed by atoms with E-state index in [2.05, 4.69) is 10.4 Å². The molecule has 2 aromatic rings. The Morgan fingerprint density at radius 2 is 2.00 bits per heavy atom. The molecule has 0 aliphatic rings. The van der Waals surface area contributed by atoms with Crippen LogP contribution in [0.1, 0.15) is 13.1 Å². The average Bonchev–Trinajstić information content (AvgIpc) is 2.80. The van der Waals surface area contributed by atoms with Crippen LogP contribution < -0.4 is 10.1 Å². The highest BCUT2D eigenvalue weighted by molar-refractivity contribution is 5.33. The molecule has 1 aromatic heterocycles. The number of nitrogens with zero attached hydrogens (tertiary/aromatic N) is 2. The number of ether oxygens (including phenoxy) is 1. The summed E-state index contributed by atoms with van der Waals surface area (Å²) in [4.78, 5) is 0. The van der Waals surface area contributed by atoms with Crippen LogP contribution in [0, 0.1) is 0 Å². The van der Waals surface area contributed by atoms with Gasteiger partial charge in [0.25, 0.3) is 0 Å². The first-order chi connectivity index (χ1) is 8.19. The number of aromatic hydroxyl groups is 1. The minimum atomic E-state index is 0.118. The summed E-state index contributed by atoms with van der Waals surface area (Å²) < 4.78 is 7.36. The lowest BCUT2D eigenvalue weighted by Gasteiger charge is -2.09. The van der Waals surface area contributed by atoms with Crippen LogP contribution in [0.4, 0.5) is 0 Å². The number of aromatic nitrogens is 2. The zero-order chi connectivity index (χ0) is 12.3. The molecule has 0 radical (unpaired) electrons. The van der Waals surface area contributed by atoms with Gasteiger partial charge in [-0.25, -0.2) is 0 Å². The first-order valence-electron chi connectivity index (χ1n) is 5.37. The van der Waals surface area contributed by atoms with Crippen molar-refractivity contribution in [3.63, 3.8) is 0 Å². The molecule has 1 aromatic carbocycles. The van der Waals surface area contributed by atoms with Crippen molar-refractivity contribution in [2.45, 2.75) is 13.1 Å². The van der Waals surface area contributed by atoms with Crippen molar-refractivity contribution >= 4 is 0 Å². The van der Waals surface area contributed by atoms with E-state index in [1.54, 1.807) is 35.1 Å². The molecule has 0 spiro atoms. The second kappa shape index (κ2) is 4.88. The fourth-order valence-electron chi connectivity index (χ4n) is 1.37. The third-order valence-electron chi connectivity index (χ3n) is 2.46. The third-order valence-corrected chi connectivity index (χ3v) is 2.46. The molecule has 1 atom stereocenters. The zero-order valence-corrected chi connectivity index (χ0v) is 9.79. The molecule has 1 unspecified atom stereocenters. The van der Waals surface area contributed by atoms with E-state index in [0.717, 1.165) is 0 Å². The van der Waals surface area contributed by atoms with E-state index in [1.807, 2.05) is 20.2 Å². The second-order valence-electron chi connectivity index (χ2n) is 3.72. The molecule has 0 aliphatic carbocycles. The van der Waals surface area contributed by atoms with E-state index in [4.69, 9.17) is 9.84 Å². The summed E-state index contributed by atoms with van der Waals surface area (Å²) in [6.07, 6.45) is 3.58. The zero-order valence-electron chi connectivity index (χ0n) is 9.79. The van der Waals surface area contributed by atoms with Crippen LogP contribution in [-0.4, -0.2) is 21.9 Å². The van der Waals surface area contributed by atoms with E-state index in [1.165, 1.54) is 0 Å². The smallest absolute Gasteiger partial charge is 0.165 e. The van der Waals surface area contributed by atoms with Crippen molar-refractivity contribution in [2.24, 2.45) is 0 Å². The van der Waals surface area contributed by atoms with Crippen LogP contribution >= 0.6 is 0 Å². The second-order valence-corrected chi connectivity index (χ2v) is 3.72. The van der Waals surface area contributed by atoms with Gasteiger partial charge in [0.1, 0.15) is 11.5 Å². The Labute approximate surface area is 99.6 Å². The van der Waals surface area contributed by atoms with Crippen molar-refractivity contribution in [1.29, 1.82) is 0 Å². The van der Waals surface area contributed by atoms with Crippen LogP contribution in [0.5, 0.6) is 17.2 Å². The lowest BCUT2D eigenvalue weighted by Crippen LogP contribution is -2.19. The highest BCUT2D eigenvalue weighted by Crippen LogP contribution is 2.23. The molecule has 0 bridgehead atoms. The van der Waals surface area contributed by atoms with E-state index in [-0.39, 0.29) is 11.9 Å². The van der Waals surface area contributed by atoms with Gasteiger partial charge in [0.2, 0.25) is 0 Å². The minimum Gasteiger partial charge on any atom is -0.508 e. The SMILES string of the molecule is CNC(C)n1cc(Oc2ccc(O)cc2)cn1. The summed E-state index contributed by atoms with van der Waals surface area (Å²) in [5, 5.41) is 16.4. The first kappa shape index (κ1) is 11.5. The number of phenolic OH excluding ortho intramolecular Hbond substituents is 1. The predicted molar refractivity (Wildman–Crippen MR) is 64.2 cm³/mol. The Hall–Kier alpha value is -2.01. The fourth-order valence-corrected chi connectivity index (χ4v) is 1.37. The van der Waals surface area contributed by atoms with E-state index in [9.17, 15) is 0 Å². The van der Waals surface area contributed by atoms with Crippen molar-refractivity contribution < 1.29 is 9.84 Å². The van der Waals surface area contributed by atoms with Gasteiger partial charge in [-0.2, -0.15) is 5.10 Å². The van der Waals surface area contributed by atoms with Crippen LogP contribution in [0.3, 0.4) is 0 Å². The van der Waals surface area contributed by atoms with Gasteiger partial charge in [-0.15, -0.1) is 0 Å². The lowest BCUT2D eigenvalue weighted by molar-refractivity contribution is 0.427. The standard InChI is InChI=1S/C12H15N3O2/c1-9(13-2)15-8-12(7-14-15)17-11-5-3-10(16)4-6-11/h3-9,13,16H,1-2H3. The molecule has 0 fully saturated rings. The molecule has 0 aliphatic heterocycles. The normalized spacial score (nSPS) is 12.4. The van der Waals surface area contributed by atoms with Crippen molar-refractivity contribution in [2.75, 3.05) is 7.05 Å². The number of hydrogen-bond acceptors (Lipinski definition) is 4. The van der Waals surface area contributed by atoms with Gasteiger partial charge in [-0.1, -0.05) is 0 Å². The Balaban J connectivity index is 2.08. The van der Waals surface area contributed by atoms with E-state index < -0.39 is 0 Å². The number of hydrogen-bond donors (Lipinski definition) is 2. The molecule has 90 valence electrons. The highest BCUT2D eigenvalue weighted by Gasteiger charge is 2.05. The Morgan fingerprint density at radius 3 is 2.65 bits per heavy atom.